The third-order valence-corrected chi connectivity index (χ3v) is 4.03. The zero-order valence-corrected chi connectivity index (χ0v) is 14.3. The van der Waals surface area contributed by atoms with Crippen LogP contribution in [-0.4, -0.2) is 30.9 Å². The number of carbonyl (C=O) groups excluding carboxylic acids is 1. The molecule has 0 atom stereocenters. The van der Waals surface area contributed by atoms with Crippen LogP contribution in [0.5, 0.6) is 0 Å². The van der Waals surface area contributed by atoms with Gasteiger partial charge in [0.15, 0.2) is 11.5 Å². The van der Waals surface area contributed by atoms with Gasteiger partial charge < -0.3 is 5.32 Å². The van der Waals surface area contributed by atoms with E-state index in [2.05, 4.69) is 30.4 Å². The summed E-state index contributed by atoms with van der Waals surface area (Å²) < 4.78 is 1.48. The van der Waals surface area contributed by atoms with E-state index in [0.29, 0.717) is 28.4 Å². The van der Waals surface area contributed by atoms with Gasteiger partial charge in [-0.15, -0.1) is 5.10 Å². The van der Waals surface area contributed by atoms with E-state index in [1.165, 1.54) is 10.9 Å². The molecule has 4 rings (SSSR count). The molecule has 4 aromatic rings. The Kier molecular flexibility index (Phi) is 4.03. The number of aromatic nitrogens is 5. The Morgan fingerprint density at radius 2 is 1.85 bits per heavy atom. The molecule has 27 heavy (non-hydrogen) atoms. The average Bonchev–Trinajstić information content (AvgIpc) is 3.09. The van der Waals surface area contributed by atoms with E-state index in [9.17, 15) is 4.79 Å². The number of fused-ring (bicyclic) bond motifs is 1. The predicted octanol–water partition coefficient (Wildman–Crippen LogP) is 3.32. The van der Waals surface area contributed by atoms with Gasteiger partial charge in [0.2, 0.25) is 5.69 Å². The summed E-state index contributed by atoms with van der Waals surface area (Å²) in [5, 5.41) is 10.7. The van der Waals surface area contributed by atoms with Crippen LogP contribution in [0.2, 0.25) is 0 Å². The van der Waals surface area contributed by atoms with Crippen LogP contribution in [0.4, 0.5) is 11.5 Å². The molecule has 0 bridgehead atoms. The topological polar surface area (TPSA) is 90.0 Å². The zero-order valence-electron chi connectivity index (χ0n) is 14.3. The first-order chi connectivity index (χ1) is 13.2. The third-order valence-electron chi connectivity index (χ3n) is 4.03. The molecule has 0 fully saturated rings. The molecule has 130 valence electrons. The minimum atomic E-state index is -0.441. The summed E-state index contributed by atoms with van der Waals surface area (Å²) in [6.45, 7) is 9.00. The van der Waals surface area contributed by atoms with E-state index in [4.69, 9.17) is 6.57 Å². The molecule has 0 radical (unpaired) electrons. The molecular formula is C19H13N7O. The summed E-state index contributed by atoms with van der Waals surface area (Å²) >= 11 is 0. The van der Waals surface area contributed by atoms with Crippen molar-refractivity contribution in [2.45, 2.75) is 6.92 Å². The van der Waals surface area contributed by atoms with E-state index in [1.54, 1.807) is 31.2 Å². The molecule has 2 heterocycles. The Morgan fingerprint density at radius 1 is 1.11 bits per heavy atom. The summed E-state index contributed by atoms with van der Waals surface area (Å²) in [6, 6.07) is 14.4. The number of anilines is 1. The highest BCUT2D eigenvalue weighted by molar-refractivity contribution is 6.03. The normalized spacial score (nSPS) is 10.5. The fraction of sp³-hybridized carbons (Fsp3) is 0.0526. The van der Waals surface area contributed by atoms with Crippen molar-refractivity contribution in [1.29, 1.82) is 0 Å². The van der Waals surface area contributed by atoms with Crippen LogP contribution in [-0.2, 0) is 0 Å². The van der Waals surface area contributed by atoms with Crippen molar-refractivity contribution in [3.05, 3.63) is 77.5 Å². The van der Waals surface area contributed by atoms with Crippen LogP contribution >= 0.6 is 0 Å². The van der Waals surface area contributed by atoms with Crippen molar-refractivity contribution >= 4 is 28.4 Å². The summed E-state index contributed by atoms with van der Waals surface area (Å²) in [4.78, 5) is 24.7. The van der Waals surface area contributed by atoms with Gasteiger partial charge in [0, 0.05) is 0 Å². The van der Waals surface area contributed by atoms with Crippen molar-refractivity contribution in [3.63, 3.8) is 0 Å². The van der Waals surface area contributed by atoms with Gasteiger partial charge in [-0.1, -0.05) is 35.5 Å². The van der Waals surface area contributed by atoms with E-state index in [-0.39, 0.29) is 5.69 Å². The minimum Gasteiger partial charge on any atom is -0.304 e. The molecule has 0 spiro atoms. The van der Waals surface area contributed by atoms with Gasteiger partial charge in [-0.3, -0.25) is 9.78 Å². The monoisotopic (exact) mass is 355 g/mol. The highest BCUT2D eigenvalue weighted by Gasteiger charge is 2.19. The fourth-order valence-electron chi connectivity index (χ4n) is 2.70. The number of amides is 1. The first-order valence-electron chi connectivity index (χ1n) is 8.09. The molecule has 0 unspecified atom stereocenters. The molecule has 2 aromatic heterocycles. The Balaban J connectivity index is 1.64. The lowest BCUT2D eigenvalue weighted by atomic mass is 10.2. The van der Waals surface area contributed by atoms with Crippen LogP contribution in [0.15, 0.2) is 54.7 Å². The lowest BCUT2D eigenvalue weighted by Gasteiger charge is -2.06. The lowest BCUT2D eigenvalue weighted by Crippen LogP contribution is -2.15. The molecule has 0 aliphatic rings. The molecule has 8 heteroatoms. The number of nitrogens with zero attached hydrogens (tertiary/aromatic N) is 6. The van der Waals surface area contributed by atoms with Gasteiger partial charge in [-0.05, 0) is 25.1 Å². The standard InChI is InChI=1S/C19H13N7O/c1-12-18(24-25-26(12)16-10-6-5-9-15(16)20-2)19(27)23-17-11-21-13-7-3-4-8-14(13)22-17/h3-11H,1H3,(H,22,23,27). The van der Waals surface area contributed by atoms with E-state index >= 15 is 0 Å². The zero-order chi connectivity index (χ0) is 18.8. The van der Waals surface area contributed by atoms with E-state index in [1.807, 2.05) is 24.3 Å². The number of para-hydroxylation sites is 4. The number of benzene rings is 2. The molecular weight excluding hydrogens is 342 g/mol. The fourth-order valence-corrected chi connectivity index (χ4v) is 2.70. The summed E-state index contributed by atoms with van der Waals surface area (Å²) in [5.74, 6) is -0.113. The first-order valence-corrected chi connectivity index (χ1v) is 8.09. The second-order valence-electron chi connectivity index (χ2n) is 5.73. The SMILES string of the molecule is [C-]#[N+]c1ccccc1-n1nnc(C(=O)Nc2cnc3ccccc3n2)c1C. The summed E-state index contributed by atoms with van der Waals surface area (Å²) in [7, 11) is 0. The smallest absolute Gasteiger partial charge is 0.279 e. The van der Waals surface area contributed by atoms with Crippen molar-refractivity contribution < 1.29 is 4.79 Å². The van der Waals surface area contributed by atoms with Crippen LogP contribution in [0.1, 0.15) is 16.2 Å². The van der Waals surface area contributed by atoms with Gasteiger partial charge in [-0.25, -0.2) is 14.5 Å². The molecule has 0 saturated carbocycles. The largest absolute Gasteiger partial charge is 0.304 e. The molecule has 0 saturated heterocycles. The lowest BCUT2D eigenvalue weighted by molar-refractivity contribution is 0.102. The van der Waals surface area contributed by atoms with Crippen molar-refractivity contribution in [3.8, 4) is 5.69 Å². The Labute approximate surface area is 154 Å². The van der Waals surface area contributed by atoms with Crippen molar-refractivity contribution in [1.82, 2.24) is 25.0 Å². The van der Waals surface area contributed by atoms with E-state index < -0.39 is 5.91 Å². The number of nitrogens with one attached hydrogen (secondary N) is 1. The van der Waals surface area contributed by atoms with Crippen LogP contribution in [0.3, 0.4) is 0 Å². The van der Waals surface area contributed by atoms with E-state index in [0.717, 1.165) is 5.52 Å². The molecule has 8 nitrogen and oxygen atoms in total. The Bertz CT molecular complexity index is 1210. The number of hydrogen-bond donors (Lipinski definition) is 1. The molecule has 2 aromatic carbocycles. The molecule has 1 amide bonds. The van der Waals surface area contributed by atoms with Gasteiger partial charge >= 0.3 is 0 Å². The number of hydrogen-bond acceptors (Lipinski definition) is 5. The maximum absolute atomic E-state index is 12.6. The average molecular weight is 355 g/mol. The maximum Gasteiger partial charge on any atom is 0.279 e. The first kappa shape index (κ1) is 16.4. The van der Waals surface area contributed by atoms with Crippen molar-refractivity contribution in [2.75, 3.05) is 5.32 Å². The third kappa shape index (κ3) is 2.98. The van der Waals surface area contributed by atoms with Crippen LogP contribution in [0, 0.1) is 13.5 Å². The van der Waals surface area contributed by atoms with Crippen molar-refractivity contribution in [2.24, 2.45) is 0 Å². The highest BCUT2D eigenvalue weighted by Crippen LogP contribution is 2.24. The molecule has 0 aliphatic carbocycles. The number of rotatable bonds is 3. The number of carbonyl (C=O) groups is 1. The second kappa shape index (κ2) is 6.65. The Morgan fingerprint density at radius 3 is 2.67 bits per heavy atom. The second-order valence-corrected chi connectivity index (χ2v) is 5.73. The van der Waals surface area contributed by atoms with Gasteiger partial charge in [0.05, 0.1) is 35.2 Å². The predicted molar refractivity (Wildman–Crippen MR) is 99.8 cm³/mol. The van der Waals surface area contributed by atoms with Crippen LogP contribution < -0.4 is 5.32 Å². The van der Waals surface area contributed by atoms with Gasteiger partial charge in [0.25, 0.3) is 5.91 Å². The molecule has 1 N–H and O–H groups in total. The maximum atomic E-state index is 12.6. The minimum absolute atomic E-state index is 0.157. The Hall–Kier alpha value is -4.12. The van der Waals surface area contributed by atoms with Gasteiger partial charge in [0.1, 0.15) is 0 Å². The highest BCUT2D eigenvalue weighted by atomic mass is 16.2. The van der Waals surface area contributed by atoms with Crippen LogP contribution in [0.25, 0.3) is 21.6 Å². The quantitative estimate of drug-likeness (QED) is 0.569. The summed E-state index contributed by atoms with van der Waals surface area (Å²) in [5.41, 5.74) is 3.11. The summed E-state index contributed by atoms with van der Waals surface area (Å²) in [6.07, 6.45) is 1.49. The van der Waals surface area contributed by atoms with Gasteiger partial charge in [-0.2, -0.15) is 0 Å². The molecule has 0 aliphatic heterocycles.